The minimum atomic E-state index is -0.0903. The van der Waals surface area contributed by atoms with Gasteiger partial charge in [0.1, 0.15) is 23.0 Å². The van der Waals surface area contributed by atoms with Crippen LogP contribution in [0.2, 0.25) is 0 Å². The summed E-state index contributed by atoms with van der Waals surface area (Å²) < 4.78 is 27.0. The van der Waals surface area contributed by atoms with Gasteiger partial charge in [-0.15, -0.1) is 22.7 Å². The second-order valence-electron chi connectivity index (χ2n) is 24.1. The van der Waals surface area contributed by atoms with Gasteiger partial charge in [-0.1, -0.05) is 98.7 Å². The Morgan fingerprint density at radius 2 is 0.853 bits per heavy atom. The number of hydrogen-bond acceptors (Lipinski definition) is 11. The molecule has 6 aliphatic heterocycles. The highest BCUT2D eigenvalue weighted by Crippen LogP contribution is 2.50. The number of fused-ring (bicyclic) bond motifs is 16. The maximum Gasteiger partial charge on any atom is 0.268 e. The first-order chi connectivity index (χ1) is 35.9. The van der Waals surface area contributed by atoms with Crippen LogP contribution in [-0.2, 0) is 16.2 Å². The van der Waals surface area contributed by atoms with Crippen LogP contribution in [0.1, 0.15) is 79.0 Å². The average Bonchev–Trinajstić information content (AvgIpc) is 4.13. The van der Waals surface area contributed by atoms with Crippen LogP contribution in [0.15, 0.2) is 109 Å². The monoisotopic (exact) mass is 1070 g/mol. The van der Waals surface area contributed by atoms with Crippen molar-refractivity contribution in [1.82, 2.24) is 0 Å². The predicted octanol–water partition coefficient (Wildman–Crippen LogP) is 12.0. The van der Waals surface area contributed by atoms with Crippen LogP contribution < -0.4 is 75.5 Å². The molecular weight excluding hydrogens is 1010 g/mol. The molecule has 0 amide bonds. The molecule has 0 bridgehead atoms. The first kappa shape index (κ1) is 46.8. The summed E-state index contributed by atoms with van der Waals surface area (Å²) in [5, 5.41) is 6.45. The molecule has 0 fully saturated rings. The highest BCUT2D eigenvalue weighted by atomic mass is 32.2. The van der Waals surface area contributed by atoms with E-state index in [1.807, 2.05) is 46.6 Å². The molecule has 0 spiro atoms. The van der Waals surface area contributed by atoms with E-state index < -0.39 is 0 Å². The van der Waals surface area contributed by atoms with Crippen molar-refractivity contribution in [2.75, 3.05) is 37.0 Å². The molecule has 0 radical (unpaired) electrons. The van der Waals surface area contributed by atoms with Gasteiger partial charge in [0, 0.05) is 76.9 Å². The maximum atomic E-state index is 7.21. The molecule has 6 aliphatic rings. The zero-order valence-electron chi connectivity index (χ0n) is 44.3. The molecule has 0 aliphatic carbocycles. The lowest BCUT2D eigenvalue weighted by atomic mass is 9.30. The molecule has 0 unspecified atom stereocenters. The number of nitrogens with one attached hydrogen (secondary N) is 1. The third-order valence-electron chi connectivity index (χ3n) is 16.7. The second kappa shape index (κ2) is 15.8. The number of benzene rings is 7. The minimum absolute atomic E-state index is 0.00968. The molecule has 370 valence electrons. The van der Waals surface area contributed by atoms with E-state index in [9.17, 15) is 0 Å². The Hall–Kier alpha value is -5.50. The van der Waals surface area contributed by atoms with Gasteiger partial charge in [0.25, 0.3) is 20.1 Å². The first-order valence-corrected chi connectivity index (χ1v) is 31.2. The van der Waals surface area contributed by atoms with E-state index in [-0.39, 0.29) is 36.4 Å². The van der Waals surface area contributed by atoms with Crippen LogP contribution in [0.4, 0.5) is 45.5 Å². The third-order valence-corrected chi connectivity index (χ3v) is 21.4. The maximum absolute atomic E-state index is 7.21. The Balaban J connectivity index is 1.02. The lowest BCUT2D eigenvalue weighted by molar-refractivity contribution is 0.490. The van der Waals surface area contributed by atoms with Crippen LogP contribution in [-0.4, -0.2) is 38.9 Å². The summed E-state index contributed by atoms with van der Waals surface area (Å²) >= 11 is 9.20. The Morgan fingerprint density at radius 1 is 0.427 bits per heavy atom. The number of anilines is 8. The van der Waals surface area contributed by atoms with Crippen molar-refractivity contribution in [3.8, 4) is 23.0 Å². The van der Waals surface area contributed by atoms with Crippen molar-refractivity contribution < 1.29 is 9.47 Å². The van der Waals surface area contributed by atoms with Crippen molar-refractivity contribution in [2.45, 2.75) is 78.6 Å². The Kier molecular flexibility index (Phi) is 9.86. The summed E-state index contributed by atoms with van der Waals surface area (Å²) in [6.45, 7) is 20.8. The molecule has 0 saturated heterocycles. The van der Waals surface area contributed by atoms with Crippen LogP contribution in [0.3, 0.4) is 0 Å². The highest BCUT2D eigenvalue weighted by molar-refractivity contribution is 8.01. The summed E-state index contributed by atoms with van der Waals surface area (Å²) in [5.41, 5.74) is 22.5. The zero-order chi connectivity index (χ0) is 51.5. The van der Waals surface area contributed by atoms with Gasteiger partial charge in [0.2, 0.25) is 0 Å². The fourth-order valence-electron chi connectivity index (χ4n) is 13.0. The van der Waals surface area contributed by atoms with Gasteiger partial charge in [-0.3, -0.25) is 12.9 Å². The number of ether oxygens (including phenoxy) is 2. The molecule has 14 heteroatoms. The molecule has 8 heterocycles. The van der Waals surface area contributed by atoms with E-state index in [0.717, 1.165) is 34.4 Å². The second-order valence-corrected chi connectivity index (χ2v) is 28.5. The van der Waals surface area contributed by atoms with Gasteiger partial charge < -0.3 is 14.8 Å². The summed E-state index contributed by atoms with van der Waals surface area (Å²) in [5.74, 6) is 3.93. The van der Waals surface area contributed by atoms with Crippen molar-refractivity contribution >= 4 is 192 Å². The Labute approximate surface area is 462 Å². The van der Waals surface area contributed by atoms with Crippen molar-refractivity contribution in [2.24, 2.45) is 0 Å². The molecule has 2 aromatic heterocycles. The largest absolute Gasteiger partial charge is 0.457 e. The summed E-state index contributed by atoms with van der Waals surface area (Å²) in [4.78, 5) is 0. The van der Waals surface area contributed by atoms with E-state index in [4.69, 9.17) is 9.47 Å². The quantitative estimate of drug-likeness (QED) is 0.138. The van der Waals surface area contributed by atoms with E-state index in [1.165, 1.54) is 119 Å². The number of hydrogen-bond donors (Lipinski definition) is 1. The first-order valence-electron chi connectivity index (χ1n) is 26.0. The van der Waals surface area contributed by atoms with E-state index in [1.54, 1.807) is 11.9 Å². The van der Waals surface area contributed by atoms with Gasteiger partial charge >= 0.3 is 0 Å². The van der Waals surface area contributed by atoms with E-state index in [0.29, 0.717) is 0 Å². The number of nitrogens with zero attached hydrogens (tertiary/aromatic N) is 3. The average molecular weight is 1070 g/mol. The lowest BCUT2D eigenvalue weighted by Crippen LogP contribution is -2.65. The normalized spacial score (nSPS) is 15.3. The predicted molar refractivity (Wildman–Crippen MR) is 336 cm³/mol. The van der Waals surface area contributed by atoms with Gasteiger partial charge in [-0.2, -0.15) is 0 Å². The Bertz CT molecular complexity index is 4040. The molecule has 0 atom stereocenters. The van der Waals surface area contributed by atoms with Gasteiger partial charge in [-0.05, 0) is 180 Å². The van der Waals surface area contributed by atoms with E-state index in [2.05, 4.69) is 209 Å². The topological polar surface area (TPSA) is 40.2 Å². The summed E-state index contributed by atoms with van der Waals surface area (Å²) in [7, 11) is 0. The van der Waals surface area contributed by atoms with Crippen molar-refractivity contribution in [3.63, 3.8) is 0 Å². The zero-order valence-corrected chi connectivity index (χ0v) is 48.4. The summed E-state index contributed by atoms with van der Waals surface area (Å²) in [6, 6.07) is 42.4. The molecule has 0 saturated carbocycles. The third kappa shape index (κ3) is 6.46. The van der Waals surface area contributed by atoms with Crippen LogP contribution in [0.5, 0.6) is 23.0 Å². The SMILES string of the molecule is CSN1c2cc3c(cc2B2c4sc5ccccc5c4Oc4cc(C(C)(C)C)cc1c42)B1c2cc4c(cc2N(SC)c2cc(C(C)(C)C)cc(c21)N3SC)Nc1cc(C(C)(C)C)cc2c1B4c1sc3ccccc3c1O2. The molecule has 9 aromatic rings. The van der Waals surface area contributed by atoms with Gasteiger partial charge in [0.15, 0.2) is 0 Å². The van der Waals surface area contributed by atoms with Gasteiger partial charge in [0.05, 0.1) is 17.1 Å². The summed E-state index contributed by atoms with van der Waals surface area (Å²) in [6.07, 6.45) is 6.73. The highest BCUT2D eigenvalue weighted by Gasteiger charge is 2.50. The standard InChI is InChI=1S/C61H55B3N4O2S5/c1-59(2,3)31-21-41-52-48(25-31)69-55-34-17-13-15-19-50(34)74-57(55)63(52)36-27-37-42(29-40(36)65-41)66(71-10)45-22-32(60(4,5)6)23-46-53(45)62(37)38-28-39-44(30-43(38)67(46)72-11)68(73-12)47-24-33(61(7,8)9)26-49-54(47)64(39)58-56(70-49)35-18-14-16-20-51(35)75-58/h13-30,65H,1-12H3. The van der Waals surface area contributed by atoms with Crippen LogP contribution >= 0.6 is 58.5 Å². The lowest BCUT2D eigenvalue weighted by Gasteiger charge is -2.46. The van der Waals surface area contributed by atoms with Crippen molar-refractivity contribution in [3.05, 3.63) is 126 Å². The number of rotatable bonds is 3. The van der Waals surface area contributed by atoms with Crippen LogP contribution in [0.25, 0.3) is 20.2 Å². The molecule has 75 heavy (non-hydrogen) atoms. The molecule has 15 rings (SSSR count). The van der Waals surface area contributed by atoms with Gasteiger partial charge in [-0.25, -0.2) is 0 Å². The molecule has 1 N–H and O–H groups in total. The molecule has 7 aromatic carbocycles. The van der Waals surface area contributed by atoms with Crippen molar-refractivity contribution in [1.29, 1.82) is 0 Å². The molecular formula is C61H55B3N4O2S5. The Morgan fingerprint density at radius 3 is 1.37 bits per heavy atom. The molecule has 6 nitrogen and oxygen atoms in total. The van der Waals surface area contributed by atoms with E-state index >= 15 is 0 Å². The van der Waals surface area contributed by atoms with Crippen LogP contribution in [0, 0.1) is 0 Å². The fourth-order valence-corrected chi connectivity index (χ4v) is 17.6. The fraction of sp³-hybridized carbons (Fsp3) is 0.246. The minimum Gasteiger partial charge on any atom is -0.457 e. The number of thiophene rings is 2. The smallest absolute Gasteiger partial charge is 0.268 e.